The molecule has 0 aliphatic rings. The second kappa shape index (κ2) is 9.53. The molecule has 1 atom stereocenters. The summed E-state index contributed by atoms with van der Waals surface area (Å²) in [5.74, 6) is 0.0000206. The second-order valence-corrected chi connectivity index (χ2v) is 5.29. The zero-order valence-corrected chi connectivity index (χ0v) is 13.4. The van der Waals surface area contributed by atoms with Crippen LogP contribution >= 0.6 is 0 Å². The van der Waals surface area contributed by atoms with Crippen LogP contribution in [0.4, 0.5) is 5.69 Å². The van der Waals surface area contributed by atoms with Gasteiger partial charge in [-0.25, -0.2) is 0 Å². The van der Waals surface area contributed by atoms with E-state index < -0.39 is 6.10 Å². The SMILES string of the molecule is CCCCN(CC)CC(O)c1ccc(NC(=O)CC)cc1. The summed E-state index contributed by atoms with van der Waals surface area (Å²) < 4.78 is 0. The van der Waals surface area contributed by atoms with Gasteiger partial charge < -0.3 is 15.3 Å². The first-order valence-electron chi connectivity index (χ1n) is 7.90. The fourth-order valence-electron chi connectivity index (χ4n) is 2.15. The Morgan fingerprint density at radius 2 is 1.90 bits per heavy atom. The molecule has 1 rings (SSSR count). The van der Waals surface area contributed by atoms with Gasteiger partial charge in [-0.15, -0.1) is 0 Å². The third kappa shape index (κ3) is 6.27. The van der Waals surface area contributed by atoms with Gasteiger partial charge in [-0.3, -0.25) is 4.79 Å². The number of hydrogen-bond donors (Lipinski definition) is 2. The van der Waals surface area contributed by atoms with Gasteiger partial charge in [-0.1, -0.05) is 39.3 Å². The van der Waals surface area contributed by atoms with E-state index in [1.807, 2.05) is 31.2 Å². The summed E-state index contributed by atoms with van der Waals surface area (Å²) in [6, 6.07) is 7.44. The molecule has 1 aromatic rings. The van der Waals surface area contributed by atoms with E-state index in [2.05, 4.69) is 24.1 Å². The van der Waals surface area contributed by atoms with Crippen molar-refractivity contribution in [3.63, 3.8) is 0 Å². The number of likely N-dealkylation sites (N-methyl/N-ethyl adjacent to an activating group) is 1. The molecule has 0 aliphatic heterocycles. The molecule has 0 aromatic heterocycles. The fourth-order valence-corrected chi connectivity index (χ4v) is 2.15. The second-order valence-electron chi connectivity index (χ2n) is 5.29. The molecule has 0 spiro atoms. The maximum atomic E-state index is 11.3. The number of nitrogens with one attached hydrogen (secondary N) is 1. The zero-order chi connectivity index (χ0) is 15.7. The fraction of sp³-hybridized carbons (Fsp3) is 0.588. The zero-order valence-electron chi connectivity index (χ0n) is 13.4. The third-order valence-corrected chi connectivity index (χ3v) is 3.61. The van der Waals surface area contributed by atoms with Gasteiger partial charge in [0.2, 0.25) is 5.91 Å². The van der Waals surface area contributed by atoms with Crippen molar-refractivity contribution in [3.8, 4) is 0 Å². The van der Waals surface area contributed by atoms with E-state index in [4.69, 9.17) is 0 Å². The maximum absolute atomic E-state index is 11.3. The summed E-state index contributed by atoms with van der Waals surface area (Å²) in [6.07, 6.45) is 2.30. The molecule has 21 heavy (non-hydrogen) atoms. The average Bonchev–Trinajstić information content (AvgIpc) is 2.51. The van der Waals surface area contributed by atoms with Crippen LogP contribution in [0.15, 0.2) is 24.3 Å². The van der Waals surface area contributed by atoms with E-state index in [1.54, 1.807) is 0 Å². The van der Waals surface area contributed by atoms with Crippen LogP contribution in [0.1, 0.15) is 51.7 Å². The summed E-state index contributed by atoms with van der Waals surface area (Å²) in [5, 5.41) is 13.1. The highest BCUT2D eigenvalue weighted by Gasteiger charge is 2.12. The Bertz CT molecular complexity index is 417. The van der Waals surface area contributed by atoms with Gasteiger partial charge in [0.15, 0.2) is 0 Å². The van der Waals surface area contributed by atoms with Crippen LogP contribution in [0.2, 0.25) is 0 Å². The Kier molecular flexibility index (Phi) is 8.01. The van der Waals surface area contributed by atoms with Crippen LogP contribution in [0.5, 0.6) is 0 Å². The molecule has 4 nitrogen and oxygen atoms in total. The molecular formula is C17H28N2O2. The lowest BCUT2D eigenvalue weighted by atomic mass is 10.1. The molecule has 0 aliphatic carbocycles. The van der Waals surface area contributed by atoms with E-state index in [1.165, 1.54) is 6.42 Å². The van der Waals surface area contributed by atoms with Gasteiger partial charge in [0.25, 0.3) is 0 Å². The number of unbranched alkanes of at least 4 members (excludes halogenated alkanes) is 1. The highest BCUT2D eigenvalue weighted by atomic mass is 16.3. The number of anilines is 1. The topological polar surface area (TPSA) is 52.6 Å². The molecule has 2 N–H and O–H groups in total. The lowest BCUT2D eigenvalue weighted by Crippen LogP contribution is -2.29. The minimum Gasteiger partial charge on any atom is -0.387 e. The summed E-state index contributed by atoms with van der Waals surface area (Å²) in [5.41, 5.74) is 1.66. The molecule has 0 bridgehead atoms. The van der Waals surface area contributed by atoms with Crippen LogP contribution in [0.25, 0.3) is 0 Å². The van der Waals surface area contributed by atoms with Crippen LogP contribution in [0.3, 0.4) is 0 Å². The van der Waals surface area contributed by atoms with E-state index in [0.29, 0.717) is 13.0 Å². The van der Waals surface area contributed by atoms with Crippen molar-refractivity contribution in [3.05, 3.63) is 29.8 Å². The molecule has 0 saturated carbocycles. The number of hydrogen-bond acceptors (Lipinski definition) is 3. The molecule has 1 unspecified atom stereocenters. The quantitative estimate of drug-likeness (QED) is 0.735. The Labute approximate surface area is 128 Å². The van der Waals surface area contributed by atoms with Gasteiger partial charge in [-0.2, -0.15) is 0 Å². The van der Waals surface area contributed by atoms with E-state index in [9.17, 15) is 9.90 Å². The first-order chi connectivity index (χ1) is 10.1. The van der Waals surface area contributed by atoms with E-state index in [0.717, 1.165) is 30.8 Å². The predicted octanol–water partition coefficient (Wildman–Crippen LogP) is 3.19. The highest BCUT2D eigenvalue weighted by Crippen LogP contribution is 2.18. The molecule has 4 heteroatoms. The van der Waals surface area contributed by atoms with Crippen LogP contribution in [-0.2, 0) is 4.79 Å². The first-order valence-corrected chi connectivity index (χ1v) is 7.90. The molecule has 118 valence electrons. The van der Waals surface area contributed by atoms with Crippen molar-refractivity contribution in [1.82, 2.24) is 4.90 Å². The molecule has 0 radical (unpaired) electrons. The number of carbonyl (C=O) groups is 1. The summed E-state index contributed by atoms with van der Waals surface area (Å²) in [6.45, 7) is 8.73. The Morgan fingerprint density at radius 3 is 2.43 bits per heavy atom. The number of nitrogens with zero attached hydrogens (tertiary/aromatic N) is 1. The highest BCUT2D eigenvalue weighted by molar-refractivity contribution is 5.90. The number of amides is 1. The Morgan fingerprint density at radius 1 is 1.24 bits per heavy atom. The number of carbonyl (C=O) groups excluding carboxylic acids is 1. The summed E-state index contributed by atoms with van der Waals surface area (Å²) in [4.78, 5) is 13.6. The predicted molar refractivity (Wildman–Crippen MR) is 87.3 cm³/mol. The maximum Gasteiger partial charge on any atom is 0.224 e. The van der Waals surface area contributed by atoms with Gasteiger partial charge in [0.05, 0.1) is 6.10 Å². The van der Waals surface area contributed by atoms with Crippen molar-refractivity contribution in [2.24, 2.45) is 0 Å². The van der Waals surface area contributed by atoms with E-state index in [-0.39, 0.29) is 5.91 Å². The average molecular weight is 292 g/mol. The number of aliphatic hydroxyl groups is 1. The van der Waals surface area contributed by atoms with Crippen molar-refractivity contribution >= 4 is 11.6 Å². The monoisotopic (exact) mass is 292 g/mol. The molecule has 0 heterocycles. The van der Waals surface area contributed by atoms with Gasteiger partial charge in [0, 0.05) is 18.7 Å². The molecule has 1 aromatic carbocycles. The smallest absolute Gasteiger partial charge is 0.224 e. The van der Waals surface area contributed by atoms with Crippen molar-refractivity contribution in [1.29, 1.82) is 0 Å². The molecular weight excluding hydrogens is 264 g/mol. The van der Waals surface area contributed by atoms with Crippen LogP contribution in [0, 0.1) is 0 Å². The van der Waals surface area contributed by atoms with Gasteiger partial charge >= 0.3 is 0 Å². The lowest BCUT2D eigenvalue weighted by Gasteiger charge is -2.23. The van der Waals surface area contributed by atoms with Gasteiger partial charge in [0.1, 0.15) is 0 Å². The van der Waals surface area contributed by atoms with Crippen molar-refractivity contribution in [2.75, 3.05) is 25.0 Å². The minimum absolute atomic E-state index is 0.0000206. The number of rotatable bonds is 9. The largest absolute Gasteiger partial charge is 0.387 e. The Hall–Kier alpha value is -1.39. The Balaban J connectivity index is 2.57. The standard InChI is InChI=1S/C17H28N2O2/c1-4-7-12-19(6-3)13-16(20)14-8-10-15(11-9-14)18-17(21)5-2/h8-11,16,20H,4-7,12-13H2,1-3H3,(H,18,21). The van der Waals surface area contributed by atoms with Crippen LogP contribution in [-0.4, -0.2) is 35.5 Å². The van der Waals surface area contributed by atoms with Crippen molar-refractivity contribution < 1.29 is 9.90 Å². The number of aliphatic hydroxyl groups excluding tert-OH is 1. The molecule has 0 saturated heterocycles. The molecule has 0 fully saturated rings. The first kappa shape index (κ1) is 17.7. The third-order valence-electron chi connectivity index (χ3n) is 3.61. The van der Waals surface area contributed by atoms with Crippen molar-refractivity contribution in [2.45, 2.75) is 46.1 Å². The number of benzene rings is 1. The van der Waals surface area contributed by atoms with Crippen LogP contribution < -0.4 is 5.32 Å². The summed E-state index contributed by atoms with van der Waals surface area (Å²) in [7, 11) is 0. The van der Waals surface area contributed by atoms with Gasteiger partial charge in [-0.05, 0) is 37.2 Å². The van der Waals surface area contributed by atoms with E-state index >= 15 is 0 Å². The lowest BCUT2D eigenvalue weighted by molar-refractivity contribution is -0.115. The normalized spacial score (nSPS) is 12.4. The minimum atomic E-state index is -0.488. The molecule has 1 amide bonds. The summed E-state index contributed by atoms with van der Waals surface area (Å²) >= 11 is 0.